The Bertz CT molecular complexity index is 1160. The summed E-state index contributed by atoms with van der Waals surface area (Å²) in [6, 6.07) is 21.2. The predicted molar refractivity (Wildman–Crippen MR) is 138 cm³/mol. The Hall–Kier alpha value is -2.76. The number of rotatable bonds is 4. The zero-order valence-electron chi connectivity index (χ0n) is 19.4. The standard InChI is InChI=1S/C28H31N3OS/c1-19-6-5-7-20(2)26(19)22-10-13-25-24(16-22)28(14-3-4-15-28)18-31(25)27(32)30-17-21-8-11-23(33-29)12-9-21/h5-13,16H,3-4,14-15,17-18,29H2,1-2H3,(H,30,32). The molecule has 1 heterocycles. The van der Waals surface area contributed by atoms with Crippen molar-refractivity contribution in [3.8, 4) is 11.1 Å². The SMILES string of the molecule is Cc1cccc(C)c1-c1ccc2c(c1)C1(CCCC1)CN2C(=O)NCc1ccc(SN)cc1. The minimum Gasteiger partial charge on any atom is -0.334 e. The lowest BCUT2D eigenvalue weighted by Gasteiger charge is -2.25. The van der Waals surface area contributed by atoms with Crippen molar-refractivity contribution in [2.24, 2.45) is 5.14 Å². The highest BCUT2D eigenvalue weighted by atomic mass is 32.2. The summed E-state index contributed by atoms with van der Waals surface area (Å²) >= 11 is 1.23. The maximum absolute atomic E-state index is 13.3. The molecule has 2 amide bonds. The number of hydrogen-bond acceptors (Lipinski definition) is 3. The normalized spacial score (nSPS) is 16.3. The van der Waals surface area contributed by atoms with Crippen LogP contribution in [0, 0.1) is 13.8 Å². The van der Waals surface area contributed by atoms with Crippen LogP contribution >= 0.6 is 11.9 Å². The van der Waals surface area contributed by atoms with Gasteiger partial charge in [0.1, 0.15) is 0 Å². The topological polar surface area (TPSA) is 58.4 Å². The minimum absolute atomic E-state index is 0.0166. The van der Waals surface area contributed by atoms with Crippen LogP contribution in [0.15, 0.2) is 65.6 Å². The highest BCUT2D eigenvalue weighted by molar-refractivity contribution is 7.97. The third-order valence-corrected chi connectivity index (χ3v) is 7.94. The molecule has 0 saturated heterocycles. The molecule has 1 saturated carbocycles. The highest BCUT2D eigenvalue weighted by Crippen LogP contribution is 2.51. The van der Waals surface area contributed by atoms with Crippen molar-refractivity contribution in [3.05, 3.63) is 82.9 Å². The molecule has 0 bridgehead atoms. The maximum Gasteiger partial charge on any atom is 0.322 e. The largest absolute Gasteiger partial charge is 0.334 e. The monoisotopic (exact) mass is 457 g/mol. The quantitative estimate of drug-likeness (QED) is 0.441. The molecule has 5 rings (SSSR count). The molecule has 1 fully saturated rings. The number of hydrogen-bond donors (Lipinski definition) is 2. The third kappa shape index (κ3) is 4.04. The second kappa shape index (κ2) is 8.88. The summed E-state index contributed by atoms with van der Waals surface area (Å²) in [5.41, 5.74) is 8.73. The van der Waals surface area contributed by atoms with Crippen LogP contribution in [0.1, 0.15) is 47.9 Å². The number of anilines is 1. The molecular formula is C28H31N3OS. The molecule has 3 aromatic carbocycles. The van der Waals surface area contributed by atoms with Crippen molar-refractivity contribution in [1.29, 1.82) is 0 Å². The van der Waals surface area contributed by atoms with E-state index >= 15 is 0 Å². The van der Waals surface area contributed by atoms with Gasteiger partial charge in [0.05, 0.1) is 0 Å². The first-order valence-electron chi connectivity index (χ1n) is 11.7. The van der Waals surface area contributed by atoms with Crippen molar-refractivity contribution in [2.75, 3.05) is 11.4 Å². The lowest BCUT2D eigenvalue weighted by molar-refractivity contribution is 0.245. The maximum atomic E-state index is 13.3. The second-order valence-electron chi connectivity index (χ2n) is 9.49. The van der Waals surface area contributed by atoms with Crippen molar-refractivity contribution < 1.29 is 4.79 Å². The number of nitrogens with one attached hydrogen (secondary N) is 1. The van der Waals surface area contributed by atoms with Crippen molar-refractivity contribution in [3.63, 3.8) is 0 Å². The summed E-state index contributed by atoms with van der Waals surface area (Å²) in [7, 11) is 0. The van der Waals surface area contributed by atoms with Gasteiger partial charge in [0.25, 0.3) is 0 Å². The molecule has 1 aliphatic heterocycles. The highest BCUT2D eigenvalue weighted by Gasteiger charge is 2.46. The van der Waals surface area contributed by atoms with Gasteiger partial charge in [-0.15, -0.1) is 0 Å². The average molecular weight is 458 g/mol. The van der Waals surface area contributed by atoms with E-state index in [0.29, 0.717) is 6.54 Å². The first-order chi connectivity index (χ1) is 16.0. The van der Waals surface area contributed by atoms with E-state index < -0.39 is 0 Å². The van der Waals surface area contributed by atoms with Crippen LogP contribution in [-0.4, -0.2) is 12.6 Å². The zero-order chi connectivity index (χ0) is 23.0. The van der Waals surface area contributed by atoms with Crippen LogP contribution in [0.25, 0.3) is 11.1 Å². The Kier molecular flexibility index (Phi) is 5.94. The van der Waals surface area contributed by atoms with Crippen LogP contribution < -0.4 is 15.4 Å². The first kappa shape index (κ1) is 22.1. The molecule has 170 valence electrons. The Morgan fingerprint density at radius 1 is 1.03 bits per heavy atom. The fourth-order valence-corrected chi connectivity index (χ4v) is 6.01. The van der Waals surface area contributed by atoms with Crippen LogP contribution in [-0.2, 0) is 12.0 Å². The molecular weight excluding hydrogens is 426 g/mol. The summed E-state index contributed by atoms with van der Waals surface area (Å²) in [6.45, 7) is 5.64. The number of carbonyl (C=O) groups is 1. The van der Waals surface area contributed by atoms with E-state index in [1.165, 1.54) is 52.6 Å². The molecule has 0 atom stereocenters. The number of urea groups is 1. The van der Waals surface area contributed by atoms with E-state index in [0.717, 1.165) is 35.5 Å². The van der Waals surface area contributed by atoms with Gasteiger partial charge in [0.2, 0.25) is 0 Å². The molecule has 33 heavy (non-hydrogen) atoms. The molecule has 3 N–H and O–H groups in total. The van der Waals surface area contributed by atoms with Crippen LogP contribution in [0.4, 0.5) is 10.5 Å². The van der Waals surface area contributed by atoms with Crippen LogP contribution in [0.3, 0.4) is 0 Å². The molecule has 0 aromatic heterocycles. The third-order valence-electron chi connectivity index (χ3n) is 7.40. The first-order valence-corrected chi connectivity index (χ1v) is 12.6. The molecule has 1 spiro atoms. The molecule has 2 aliphatic rings. The fraction of sp³-hybridized carbons (Fsp3) is 0.321. The number of benzene rings is 3. The smallest absolute Gasteiger partial charge is 0.322 e. The summed E-state index contributed by atoms with van der Waals surface area (Å²) in [5, 5.41) is 8.75. The van der Waals surface area contributed by atoms with E-state index in [2.05, 4.69) is 55.6 Å². The summed E-state index contributed by atoms with van der Waals surface area (Å²) in [4.78, 5) is 16.3. The summed E-state index contributed by atoms with van der Waals surface area (Å²) in [6.07, 6.45) is 4.76. The van der Waals surface area contributed by atoms with E-state index in [9.17, 15) is 4.79 Å². The van der Waals surface area contributed by atoms with Gasteiger partial charge in [-0.2, -0.15) is 0 Å². The lowest BCUT2D eigenvalue weighted by atomic mass is 9.79. The number of nitrogens with two attached hydrogens (primary N) is 1. The Labute approximate surface area is 200 Å². The Morgan fingerprint density at radius 3 is 2.39 bits per heavy atom. The van der Waals surface area contributed by atoms with Crippen LogP contribution in [0.5, 0.6) is 0 Å². The van der Waals surface area contributed by atoms with Gasteiger partial charge in [-0.1, -0.05) is 49.2 Å². The molecule has 3 aromatic rings. The zero-order valence-corrected chi connectivity index (χ0v) is 20.2. The number of nitrogens with zero attached hydrogens (tertiary/aromatic N) is 1. The van der Waals surface area contributed by atoms with E-state index in [4.69, 9.17) is 5.14 Å². The summed E-state index contributed by atoms with van der Waals surface area (Å²) < 4.78 is 0. The van der Waals surface area contributed by atoms with Gasteiger partial charge in [0.15, 0.2) is 0 Å². The Balaban J connectivity index is 1.44. The van der Waals surface area contributed by atoms with Gasteiger partial charge >= 0.3 is 6.03 Å². The number of carbonyl (C=O) groups excluding carboxylic acids is 1. The van der Waals surface area contributed by atoms with Crippen molar-refractivity contribution >= 4 is 23.7 Å². The number of fused-ring (bicyclic) bond motifs is 2. The van der Waals surface area contributed by atoms with E-state index in [1.807, 2.05) is 29.2 Å². The lowest BCUT2D eigenvalue weighted by Crippen LogP contribution is -2.41. The summed E-state index contributed by atoms with van der Waals surface area (Å²) in [5.74, 6) is 0. The van der Waals surface area contributed by atoms with Gasteiger partial charge in [-0.05, 0) is 96.3 Å². The second-order valence-corrected chi connectivity index (χ2v) is 10.2. The molecule has 0 radical (unpaired) electrons. The molecule has 4 nitrogen and oxygen atoms in total. The van der Waals surface area contributed by atoms with Crippen molar-refractivity contribution in [1.82, 2.24) is 5.32 Å². The molecule has 5 heteroatoms. The Morgan fingerprint density at radius 2 is 1.73 bits per heavy atom. The number of amides is 2. The van der Waals surface area contributed by atoms with Crippen LogP contribution in [0.2, 0.25) is 0 Å². The van der Waals surface area contributed by atoms with Gasteiger partial charge < -0.3 is 5.32 Å². The van der Waals surface area contributed by atoms with Gasteiger partial charge in [0, 0.05) is 29.1 Å². The molecule has 0 unspecified atom stereocenters. The van der Waals surface area contributed by atoms with Gasteiger partial charge in [-0.25, -0.2) is 4.79 Å². The van der Waals surface area contributed by atoms with Gasteiger partial charge in [-0.3, -0.25) is 10.0 Å². The fourth-order valence-electron chi connectivity index (χ4n) is 5.71. The van der Waals surface area contributed by atoms with Crippen molar-refractivity contribution in [2.45, 2.75) is 56.4 Å². The number of aryl methyl sites for hydroxylation is 2. The predicted octanol–water partition coefficient (Wildman–Crippen LogP) is 6.48. The molecule has 1 aliphatic carbocycles. The van der Waals surface area contributed by atoms with E-state index in [-0.39, 0.29) is 11.4 Å². The minimum atomic E-state index is -0.0166. The van der Waals surface area contributed by atoms with E-state index in [1.54, 1.807) is 0 Å². The average Bonchev–Trinajstić information content (AvgIpc) is 3.43.